The van der Waals surface area contributed by atoms with E-state index in [-0.39, 0.29) is 12.2 Å². The zero-order valence-corrected chi connectivity index (χ0v) is 22.5. The molecule has 4 aromatic rings. The first-order chi connectivity index (χ1) is 18.6. The van der Waals surface area contributed by atoms with Gasteiger partial charge in [-0.3, -0.25) is 14.3 Å². The predicted molar refractivity (Wildman–Crippen MR) is 150 cm³/mol. The molecule has 198 valence electrons. The number of anilines is 1. The van der Waals surface area contributed by atoms with E-state index >= 15 is 0 Å². The van der Waals surface area contributed by atoms with Gasteiger partial charge < -0.3 is 15.3 Å². The lowest BCUT2D eigenvalue weighted by atomic mass is 9.92. The molecule has 0 bridgehead atoms. The van der Waals surface area contributed by atoms with Gasteiger partial charge in [0.1, 0.15) is 5.82 Å². The highest BCUT2D eigenvalue weighted by molar-refractivity contribution is 7.19. The van der Waals surface area contributed by atoms with Crippen molar-refractivity contribution in [1.29, 1.82) is 0 Å². The second-order valence-corrected chi connectivity index (χ2v) is 11.5. The minimum atomic E-state index is -0.250. The summed E-state index contributed by atoms with van der Waals surface area (Å²) >= 11 is 8.37. The van der Waals surface area contributed by atoms with E-state index in [0.29, 0.717) is 12.6 Å². The van der Waals surface area contributed by atoms with Gasteiger partial charge in [0.2, 0.25) is 0 Å². The number of fused-ring (bicyclic) bond motifs is 3. The third-order valence-corrected chi connectivity index (χ3v) is 8.96. The molecule has 1 aromatic carbocycles. The predicted octanol–water partition coefficient (Wildman–Crippen LogP) is 3.78. The summed E-state index contributed by atoms with van der Waals surface area (Å²) in [6, 6.07) is 9.01. The van der Waals surface area contributed by atoms with Gasteiger partial charge in [-0.25, -0.2) is 9.48 Å². The summed E-state index contributed by atoms with van der Waals surface area (Å²) in [6.07, 6.45) is 7.15. The van der Waals surface area contributed by atoms with Crippen LogP contribution < -0.4 is 15.9 Å². The molecule has 3 aromatic heterocycles. The number of aromatic nitrogens is 4. The van der Waals surface area contributed by atoms with Gasteiger partial charge >= 0.3 is 5.69 Å². The molecule has 9 nitrogen and oxygen atoms in total. The van der Waals surface area contributed by atoms with E-state index in [1.54, 1.807) is 16.0 Å². The fraction of sp³-hybridized carbons (Fsp3) is 0.407. The number of aryl methyl sites for hydroxylation is 2. The summed E-state index contributed by atoms with van der Waals surface area (Å²) in [5.41, 5.74) is 5.99. The number of benzene rings is 1. The smallest absolute Gasteiger partial charge is 0.346 e. The first-order valence-corrected chi connectivity index (χ1v) is 14.2. The van der Waals surface area contributed by atoms with Gasteiger partial charge in [-0.15, -0.1) is 11.3 Å². The van der Waals surface area contributed by atoms with Crippen LogP contribution in [0.15, 0.2) is 35.3 Å². The SMILES string of the molecule is O=CO.O=c1n(Cc2cc3nccc(-c4cc(Cl)cc5c4N([C@H]4CCNC4)CCC5)c3s2)nc2n1CCC2. The molecule has 2 N–H and O–H groups in total. The minimum Gasteiger partial charge on any atom is -0.483 e. The first kappa shape index (κ1) is 25.1. The molecule has 38 heavy (non-hydrogen) atoms. The van der Waals surface area contributed by atoms with E-state index in [1.165, 1.54) is 28.8 Å². The molecule has 0 unspecified atom stereocenters. The quantitative estimate of drug-likeness (QED) is 0.371. The highest BCUT2D eigenvalue weighted by Gasteiger charge is 2.30. The van der Waals surface area contributed by atoms with Gasteiger partial charge in [-0.2, -0.15) is 5.10 Å². The van der Waals surface area contributed by atoms with Crippen molar-refractivity contribution in [3.05, 3.63) is 62.2 Å². The summed E-state index contributed by atoms with van der Waals surface area (Å²) in [5, 5.41) is 15.8. The van der Waals surface area contributed by atoms with Gasteiger partial charge in [0.25, 0.3) is 6.47 Å². The zero-order chi connectivity index (χ0) is 26.2. The van der Waals surface area contributed by atoms with Crippen LogP contribution in [-0.4, -0.2) is 56.6 Å². The van der Waals surface area contributed by atoms with Gasteiger partial charge in [0.15, 0.2) is 0 Å². The van der Waals surface area contributed by atoms with E-state index in [0.717, 1.165) is 77.8 Å². The molecule has 1 fully saturated rings. The van der Waals surface area contributed by atoms with E-state index < -0.39 is 0 Å². The van der Waals surface area contributed by atoms with E-state index in [9.17, 15) is 4.79 Å². The van der Waals surface area contributed by atoms with Crippen LogP contribution in [-0.2, 0) is 30.7 Å². The van der Waals surface area contributed by atoms with Gasteiger partial charge in [0, 0.05) is 65.0 Å². The van der Waals surface area contributed by atoms with Crippen LogP contribution in [0.2, 0.25) is 5.02 Å². The lowest BCUT2D eigenvalue weighted by Crippen LogP contribution is -2.40. The molecule has 0 amide bonds. The monoisotopic (exact) mass is 552 g/mol. The molecular weight excluding hydrogens is 524 g/mol. The Morgan fingerprint density at radius 2 is 2.03 bits per heavy atom. The van der Waals surface area contributed by atoms with Gasteiger partial charge in [-0.1, -0.05) is 11.6 Å². The summed E-state index contributed by atoms with van der Waals surface area (Å²) in [7, 11) is 0. The van der Waals surface area contributed by atoms with Crippen molar-refractivity contribution in [2.75, 3.05) is 24.5 Å². The number of carboxylic acid groups (broad SMARTS) is 1. The maximum absolute atomic E-state index is 12.8. The van der Waals surface area contributed by atoms with Crippen LogP contribution >= 0.6 is 22.9 Å². The minimum absolute atomic E-state index is 0.00661. The fourth-order valence-electron chi connectivity index (χ4n) is 6.03. The number of thiophene rings is 1. The highest BCUT2D eigenvalue weighted by atomic mass is 35.5. The van der Waals surface area contributed by atoms with E-state index in [4.69, 9.17) is 21.5 Å². The second kappa shape index (κ2) is 10.5. The number of nitrogens with zero attached hydrogens (tertiary/aromatic N) is 5. The number of hydrogen-bond donors (Lipinski definition) is 2. The van der Waals surface area contributed by atoms with Crippen molar-refractivity contribution in [2.45, 2.75) is 51.2 Å². The molecule has 3 aliphatic heterocycles. The summed E-state index contributed by atoms with van der Waals surface area (Å²) in [5.74, 6) is 0.905. The van der Waals surface area contributed by atoms with E-state index in [1.807, 2.05) is 10.8 Å². The van der Waals surface area contributed by atoms with Crippen LogP contribution in [0, 0.1) is 0 Å². The lowest BCUT2D eigenvalue weighted by molar-refractivity contribution is -0.122. The molecule has 0 spiro atoms. The number of carbonyl (C=O) groups is 1. The third kappa shape index (κ3) is 4.50. The Hall–Kier alpha value is -3.21. The Labute approximate surface area is 228 Å². The summed E-state index contributed by atoms with van der Waals surface area (Å²) in [4.78, 5) is 29.5. The molecule has 1 saturated heterocycles. The maximum Gasteiger partial charge on any atom is 0.346 e. The number of halogens is 1. The van der Waals surface area contributed by atoms with Gasteiger partial charge in [-0.05, 0) is 62.1 Å². The van der Waals surface area contributed by atoms with Crippen molar-refractivity contribution >= 4 is 45.3 Å². The molecule has 0 radical (unpaired) electrons. The van der Waals surface area contributed by atoms with Crippen LogP contribution in [0.5, 0.6) is 0 Å². The third-order valence-electron chi connectivity index (χ3n) is 7.60. The first-order valence-electron chi connectivity index (χ1n) is 13.0. The number of pyridine rings is 1. The molecule has 0 aliphatic carbocycles. The topological polar surface area (TPSA) is 105 Å². The van der Waals surface area contributed by atoms with E-state index in [2.05, 4.69) is 44.6 Å². The Morgan fingerprint density at radius 1 is 1.18 bits per heavy atom. The average Bonchev–Trinajstić information content (AvgIpc) is 3.70. The van der Waals surface area contributed by atoms with Crippen LogP contribution in [0.1, 0.15) is 35.5 Å². The van der Waals surface area contributed by atoms with Crippen molar-refractivity contribution < 1.29 is 9.90 Å². The van der Waals surface area contributed by atoms with Crippen LogP contribution in [0.4, 0.5) is 5.69 Å². The second-order valence-electron chi connectivity index (χ2n) is 9.91. The Kier molecular flexibility index (Phi) is 6.94. The standard InChI is InChI=1S/C26H27ClN6OS.CH2O2/c27-17-11-16-3-1-9-31(18-5-7-28-14-18)24(16)21(12-17)20-6-8-29-22-13-19(35-25(20)22)15-33-26(34)32-10-2-4-23(32)30-33;2-1-3/h6,8,11-13,18,28H,1-5,7,9-10,14-15H2;1H,(H,2,3)/t18-;/m0./s1. The van der Waals surface area contributed by atoms with Crippen molar-refractivity contribution in [2.24, 2.45) is 0 Å². The molecule has 6 heterocycles. The molecule has 3 aliphatic rings. The molecule has 1 atom stereocenters. The molecule has 11 heteroatoms. The van der Waals surface area contributed by atoms with Crippen LogP contribution in [0.3, 0.4) is 0 Å². The largest absolute Gasteiger partial charge is 0.483 e. The zero-order valence-electron chi connectivity index (χ0n) is 20.9. The average molecular weight is 553 g/mol. The van der Waals surface area contributed by atoms with Crippen molar-refractivity contribution in [3.63, 3.8) is 0 Å². The van der Waals surface area contributed by atoms with Crippen molar-refractivity contribution in [3.8, 4) is 11.1 Å². The molecule has 7 rings (SSSR count). The molecule has 0 saturated carbocycles. The summed E-state index contributed by atoms with van der Waals surface area (Å²) in [6.45, 7) is 4.18. The number of rotatable bonds is 4. The highest BCUT2D eigenvalue weighted by Crippen LogP contribution is 2.44. The summed E-state index contributed by atoms with van der Waals surface area (Å²) < 4.78 is 4.55. The normalized spacial score (nSPS) is 18.2. The number of nitrogens with one attached hydrogen (secondary N) is 1. The number of hydrogen-bond acceptors (Lipinski definition) is 7. The van der Waals surface area contributed by atoms with Crippen molar-refractivity contribution in [1.82, 2.24) is 24.6 Å². The Balaban J connectivity index is 0.000000843. The maximum atomic E-state index is 12.8. The Bertz CT molecular complexity index is 1550. The fourth-order valence-corrected chi connectivity index (χ4v) is 7.40. The van der Waals surface area contributed by atoms with Gasteiger partial charge in [0.05, 0.1) is 16.8 Å². The van der Waals surface area contributed by atoms with Crippen LogP contribution in [0.25, 0.3) is 21.3 Å². The Morgan fingerprint density at radius 3 is 2.82 bits per heavy atom. The molecular formula is C27H29ClN6O3S. The lowest BCUT2D eigenvalue weighted by Gasteiger charge is -2.38.